The second-order valence-electron chi connectivity index (χ2n) is 5.73. The number of carbonyl (C=O) groups is 1. The highest BCUT2D eigenvalue weighted by Gasteiger charge is 2.46. The molecule has 1 aliphatic heterocycles. The Balaban J connectivity index is 2.20. The lowest BCUT2D eigenvalue weighted by Crippen LogP contribution is -2.59. The minimum atomic E-state index is -4.49. The molecule has 1 fully saturated rings. The van der Waals surface area contributed by atoms with Gasteiger partial charge in [0.2, 0.25) is 0 Å². The van der Waals surface area contributed by atoms with Crippen molar-refractivity contribution in [1.82, 2.24) is 15.2 Å². The quantitative estimate of drug-likeness (QED) is 0.555. The molecule has 1 aliphatic rings. The Morgan fingerprint density at radius 1 is 1.48 bits per heavy atom. The van der Waals surface area contributed by atoms with Crippen molar-refractivity contribution in [2.75, 3.05) is 19.7 Å². The first kappa shape index (κ1) is 20.3. The Bertz CT molecular complexity index is 598. The maximum absolute atomic E-state index is 13.2. The Kier molecular flexibility index (Phi) is 6.93. The van der Waals surface area contributed by atoms with Gasteiger partial charge >= 0.3 is 12.3 Å². The lowest BCUT2D eigenvalue weighted by atomic mass is 10.0. The number of unbranched alkanes of at least 4 members (excludes halogenated alkanes) is 1. The monoisotopic (exact) mass is 443 g/mol. The zero-order valence-electron chi connectivity index (χ0n) is 13.4. The Labute approximate surface area is 157 Å². The van der Waals surface area contributed by atoms with Crippen molar-refractivity contribution in [1.29, 1.82) is 0 Å². The summed E-state index contributed by atoms with van der Waals surface area (Å²) in [6.07, 6.45) is -3.74. The molecular formula is C15H18BrClF3N3O2. The van der Waals surface area contributed by atoms with Gasteiger partial charge in [-0.3, -0.25) is 5.32 Å². The predicted molar refractivity (Wildman–Crippen MR) is 90.5 cm³/mol. The molecule has 1 saturated heterocycles. The van der Waals surface area contributed by atoms with Crippen LogP contribution in [0.1, 0.15) is 31.4 Å². The first-order valence-electron chi connectivity index (χ1n) is 7.78. The number of aromatic nitrogens is 1. The number of hydrogen-bond acceptors (Lipinski definition) is 4. The van der Waals surface area contributed by atoms with E-state index in [1.807, 2.05) is 6.92 Å². The number of ether oxygens (including phenoxy) is 1. The summed E-state index contributed by atoms with van der Waals surface area (Å²) in [4.78, 5) is 17.1. The van der Waals surface area contributed by atoms with Gasteiger partial charge in [-0.15, -0.1) is 0 Å². The van der Waals surface area contributed by atoms with Crippen LogP contribution in [0.4, 0.5) is 18.0 Å². The van der Waals surface area contributed by atoms with E-state index >= 15 is 0 Å². The number of nitrogens with one attached hydrogen (secondary N) is 1. The lowest BCUT2D eigenvalue weighted by Gasteiger charge is -2.39. The van der Waals surface area contributed by atoms with Crippen molar-refractivity contribution < 1.29 is 22.7 Å². The van der Waals surface area contributed by atoms with E-state index in [0.29, 0.717) is 16.6 Å². The molecule has 1 aromatic heterocycles. The Morgan fingerprint density at radius 2 is 2.20 bits per heavy atom. The van der Waals surface area contributed by atoms with E-state index in [1.165, 1.54) is 6.07 Å². The molecule has 2 rings (SSSR count). The van der Waals surface area contributed by atoms with Crippen LogP contribution in [0.25, 0.3) is 0 Å². The van der Waals surface area contributed by atoms with Gasteiger partial charge in [0, 0.05) is 13.1 Å². The van der Waals surface area contributed by atoms with Gasteiger partial charge in [0.25, 0.3) is 0 Å². The van der Waals surface area contributed by atoms with Crippen LogP contribution in [0, 0.1) is 0 Å². The molecule has 0 spiro atoms. The molecule has 0 bridgehead atoms. The molecule has 10 heteroatoms. The van der Waals surface area contributed by atoms with Crippen molar-refractivity contribution in [3.8, 4) is 0 Å². The molecule has 0 aliphatic carbocycles. The highest BCUT2D eigenvalue weighted by Crippen LogP contribution is 2.30. The van der Waals surface area contributed by atoms with Gasteiger partial charge < -0.3 is 9.64 Å². The standard InChI is InChI=1S/C15H18BrClF3N3O2/c1-2-3-4-25-14(24)23-7-10(21-11(8-23)15(18,19)20)9-5-12(16)22-13(17)6-9/h5-6,10-11,21H,2-4,7-8H2,1H3. The first-order chi connectivity index (χ1) is 11.7. The number of carbonyl (C=O) groups excluding carboxylic acids is 1. The Morgan fingerprint density at radius 3 is 2.80 bits per heavy atom. The summed E-state index contributed by atoms with van der Waals surface area (Å²) in [5.41, 5.74) is 0.507. The van der Waals surface area contributed by atoms with E-state index in [-0.39, 0.29) is 18.3 Å². The third kappa shape index (κ3) is 5.72. The van der Waals surface area contributed by atoms with Crippen LogP contribution in [0.5, 0.6) is 0 Å². The van der Waals surface area contributed by atoms with Crippen molar-refractivity contribution in [2.45, 2.75) is 38.0 Å². The van der Waals surface area contributed by atoms with Crippen LogP contribution < -0.4 is 5.32 Å². The van der Waals surface area contributed by atoms with Gasteiger partial charge in [-0.1, -0.05) is 24.9 Å². The van der Waals surface area contributed by atoms with Gasteiger partial charge in [0.15, 0.2) is 0 Å². The van der Waals surface area contributed by atoms with Crippen LogP contribution in [0.3, 0.4) is 0 Å². The SMILES string of the molecule is CCCCOC(=O)N1CC(c2cc(Cl)nc(Br)c2)NC(C(F)(F)F)C1. The van der Waals surface area contributed by atoms with E-state index in [2.05, 4.69) is 26.2 Å². The number of rotatable bonds is 4. The molecule has 0 radical (unpaired) electrons. The lowest BCUT2D eigenvalue weighted by molar-refractivity contribution is -0.166. The average Bonchev–Trinajstić information content (AvgIpc) is 2.53. The molecule has 1 aromatic rings. The van der Waals surface area contributed by atoms with Crippen LogP contribution in [0.15, 0.2) is 16.7 Å². The molecule has 0 aromatic carbocycles. The fourth-order valence-electron chi connectivity index (χ4n) is 2.49. The van der Waals surface area contributed by atoms with Crippen molar-refractivity contribution in [2.24, 2.45) is 0 Å². The molecule has 2 unspecified atom stereocenters. The fourth-order valence-corrected chi connectivity index (χ4v) is 3.27. The molecule has 1 amide bonds. The summed E-state index contributed by atoms with van der Waals surface area (Å²) < 4.78 is 45.2. The van der Waals surface area contributed by atoms with Crippen LogP contribution in [0.2, 0.25) is 5.15 Å². The molecule has 1 N–H and O–H groups in total. The minimum Gasteiger partial charge on any atom is -0.449 e. The summed E-state index contributed by atoms with van der Waals surface area (Å²) in [5.74, 6) is 0. The zero-order valence-corrected chi connectivity index (χ0v) is 15.8. The molecule has 2 heterocycles. The molecule has 0 saturated carbocycles. The predicted octanol–water partition coefficient (Wildman–Crippen LogP) is 4.31. The summed E-state index contributed by atoms with van der Waals surface area (Å²) in [6, 6.07) is 0.457. The third-order valence-electron chi connectivity index (χ3n) is 3.77. The van der Waals surface area contributed by atoms with E-state index in [4.69, 9.17) is 16.3 Å². The van der Waals surface area contributed by atoms with E-state index < -0.39 is 30.9 Å². The molecule has 5 nitrogen and oxygen atoms in total. The topological polar surface area (TPSA) is 54.5 Å². The van der Waals surface area contributed by atoms with E-state index in [9.17, 15) is 18.0 Å². The normalized spacial score (nSPS) is 21.3. The number of hydrogen-bond donors (Lipinski definition) is 1. The van der Waals surface area contributed by atoms with Gasteiger partial charge in [-0.2, -0.15) is 13.2 Å². The van der Waals surface area contributed by atoms with Gasteiger partial charge in [0.05, 0.1) is 12.6 Å². The zero-order chi connectivity index (χ0) is 18.6. The molecule has 2 atom stereocenters. The number of alkyl halides is 3. The third-order valence-corrected chi connectivity index (χ3v) is 4.37. The van der Waals surface area contributed by atoms with Crippen LogP contribution in [-0.2, 0) is 4.74 Å². The van der Waals surface area contributed by atoms with E-state index in [1.54, 1.807) is 6.07 Å². The number of nitrogens with zero attached hydrogens (tertiary/aromatic N) is 2. The molecular weight excluding hydrogens is 427 g/mol. The minimum absolute atomic E-state index is 0.0460. The van der Waals surface area contributed by atoms with Crippen molar-refractivity contribution in [3.63, 3.8) is 0 Å². The summed E-state index contributed by atoms with van der Waals surface area (Å²) in [5, 5.41) is 2.68. The summed E-state index contributed by atoms with van der Waals surface area (Å²) >= 11 is 9.05. The number of halogens is 5. The van der Waals surface area contributed by atoms with Gasteiger partial charge in [0.1, 0.15) is 15.8 Å². The maximum atomic E-state index is 13.2. The van der Waals surface area contributed by atoms with Gasteiger partial charge in [-0.25, -0.2) is 9.78 Å². The van der Waals surface area contributed by atoms with Crippen LogP contribution >= 0.6 is 27.5 Å². The first-order valence-corrected chi connectivity index (χ1v) is 8.95. The smallest absolute Gasteiger partial charge is 0.409 e. The van der Waals surface area contributed by atoms with E-state index in [0.717, 1.165) is 11.3 Å². The number of pyridine rings is 1. The fraction of sp³-hybridized carbons (Fsp3) is 0.600. The number of amides is 1. The van der Waals surface area contributed by atoms with Gasteiger partial charge in [-0.05, 0) is 40.0 Å². The molecule has 140 valence electrons. The average molecular weight is 445 g/mol. The van der Waals surface area contributed by atoms with Crippen molar-refractivity contribution in [3.05, 3.63) is 27.5 Å². The second kappa shape index (κ2) is 8.55. The Hall–Kier alpha value is -1.06. The highest BCUT2D eigenvalue weighted by molar-refractivity contribution is 9.10. The molecule has 25 heavy (non-hydrogen) atoms. The highest BCUT2D eigenvalue weighted by atomic mass is 79.9. The summed E-state index contributed by atoms with van der Waals surface area (Å²) in [7, 11) is 0. The summed E-state index contributed by atoms with van der Waals surface area (Å²) in [6.45, 7) is 1.67. The van der Waals surface area contributed by atoms with Crippen LogP contribution in [-0.4, -0.2) is 47.9 Å². The van der Waals surface area contributed by atoms with Crippen molar-refractivity contribution >= 4 is 33.6 Å². The maximum Gasteiger partial charge on any atom is 0.409 e. The second-order valence-corrected chi connectivity index (χ2v) is 6.93. The largest absolute Gasteiger partial charge is 0.449 e. The number of piperazine rings is 1.